The van der Waals surface area contributed by atoms with Crippen molar-refractivity contribution in [2.75, 3.05) is 12.8 Å². The van der Waals surface area contributed by atoms with Crippen LogP contribution in [0.3, 0.4) is 0 Å². The minimum Gasteiger partial charge on any atom is -0.496 e. The smallest absolute Gasteiger partial charge is 0.255 e. The molecule has 1 aromatic carbocycles. The molecule has 4 heteroatoms. The highest BCUT2D eigenvalue weighted by Gasteiger charge is 2.22. The van der Waals surface area contributed by atoms with Gasteiger partial charge in [-0.1, -0.05) is 19.8 Å². The van der Waals surface area contributed by atoms with Gasteiger partial charge in [0.15, 0.2) is 0 Å². The van der Waals surface area contributed by atoms with Gasteiger partial charge in [0, 0.05) is 11.7 Å². The van der Waals surface area contributed by atoms with Crippen LogP contribution >= 0.6 is 0 Å². The number of benzene rings is 1. The molecule has 1 aliphatic carbocycles. The van der Waals surface area contributed by atoms with Gasteiger partial charge in [-0.25, -0.2) is 0 Å². The van der Waals surface area contributed by atoms with Gasteiger partial charge in [-0.05, 0) is 37.0 Å². The van der Waals surface area contributed by atoms with Crippen molar-refractivity contribution >= 4 is 11.6 Å². The summed E-state index contributed by atoms with van der Waals surface area (Å²) in [6, 6.07) is 5.40. The fraction of sp³-hybridized carbons (Fsp3) is 0.533. The lowest BCUT2D eigenvalue weighted by molar-refractivity contribution is 0.0918. The second-order valence-corrected chi connectivity index (χ2v) is 5.40. The number of rotatable bonds is 3. The third kappa shape index (κ3) is 3.40. The number of nitrogens with two attached hydrogens (primary N) is 1. The lowest BCUT2D eigenvalue weighted by Gasteiger charge is -2.27. The summed E-state index contributed by atoms with van der Waals surface area (Å²) >= 11 is 0. The second-order valence-electron chi connectivity index (χ2n) is 5.40. The maximum atomic E-state index is 12.3. The van der Waals surface area contributed by atoms with Crippen molar-refractivity contribution in [2.45, 2.75) is 38.6 Å². The van der Waals surface area contributed by atoms with E-state index >= 15 is 0 Å². The number of methoxy groups -OCH3 is 1. The van der Waals surface area contributed by atoms with E-state index in [0.717, 1.165) is 12.8 Å². The first kappa shape index (κ1) is 13.7. The van der Waals surface area contributed by atoms with E-state index in [1.165, 1.54) is 12.8 Å². The van der Waals surface area contributed by atoms with Crippen molar-refractivity contribution in [3.8, 4) is 5.75 Å². The number of nitrogens with one attached hydrogen (secondary N) is 1. The Labute approximate surface area is 114 Å². The van der Waals surface area contributed by atoms with E-state index in [2.05, 4.69) is 12.2 Å². The van der Waals surface area contributed by atoms with Crippen molar-refractivity contribution in [3.63, 3.8) is 0 Å². The average Bonchev–Trinajstić information content (AvgIpc) is 2.38. The number of nitrogen functional groups attached to an aromatic ring is 1. The topological polar surface area (TPSA) is 64.3 Å². The molecule has 4 nitrogen and oxygen atoms in total. The largest absolute Gasteiger partial charge is 0.496 e. The molecule has 1 saturated carbocycles. The number of ether oxygens (including phenoxy) is 1. The van der Waals surface area contributed by atoms with Gasteiger partial charge in [-0.15, -0.1) is 0 Å². The monoisotopic (exact) mass is 262 g/mol. The predicted octanol–water partition coefficient (Wildman–Crippen LogP) is 2.59. The number of carbonyl (C=O) groups excluding carboxylic acids is 1. The molecule has 0 unspecified atom stereocenters. The fourth-order valence-corrected chi connectivity index (χ4v) is 2.73. The van der Waals surface area contributed by atoms with Crippen LogP contribution in [0.15, 0.2) is 18.2 Å². The molecule has 2 atom stereocenters. The number of hydrogen-bond donors (Lipinski definition) is 2. The van der Waals surface area contributed by atoms with E-state index in [-0.39, 0.29) is 11.9 Å². The molecule has 0 aromatic heterocycles. The van der Waals surface area contributed by atoms with E-state index in [4.69, 9.17) is 10.5 Å². The Morgan fingerprint density at radius 1 is 1.42 bits per heavy atom. The van der Waals surface area contributed by atoms with E-state index in [1.54, 1.807) is 25.3 Å². The molecule has 104 valence electrons. The van der Waals surface area contributed by atoms with Gasteiger partial charge in [0.1, 0.15) is 5.75 Å². The van der Waals surface area contributed by atoms with Crippen LogP contribution in [0.1, 0.15) is 43.0 Å². The maximum Gasteiger partial charge on any atom is 0.255 e. The van der Waals surface area contributed by atoms with Crippen LogP contribution in [0.25, 0.3) is 0 Å². The molecular weight excluding hydrogens is 240 g/mol. The summed E-state index contributed by atoms with van der Waals surface area (Å²) < 4.78 is 5.22. The fourth-order valence-electron chi connectivity index (χ4n) is 2.73. The normalized spacial score (nSPS) is 22.8. The summed E-state index contributed by atoms with van der Waals surface area (Å²) in [5, 5.41) is 3.09. The first-order chi connectivity index (χ1) is 9.10. The molecule has 0 heterocycles. The zero-order valence-electron chi connectivity index (χ0n) is 11.6. The lowest BCUT2D eigenvalue weighted by Crippen LogP contribution is -2.38. The van der Waals surface area contributed by atoms with Crippen LogP contribution in [0, 0.1) is 5.92 Å². The Hall–Kier alpha value is -1.71. The molecule has 2 rings (SSSR count). The van der Waals surface area contributed by atoms with Gasteiger partial charge in [0.05, 0.1) is 12.7 Å². The Morgan fingerprint density at radius 3 is 2.89 bits per heavy atom. The van der Waals surface area contributed by atoms with Crippen molar-refractivity contribution in [3.05, 3.63) is 23.8 Å². The lowest BCUT2D eigenvalue weighted by atomic mass is 9.87. The molecular formula is C15H22N2O2. The van der Waals surface area contributed by atoms with Gasteiger partial charge in [-0.2, -0.15) is 0 Å². The van der Waals surface area contributed by atoms with E-state index < -0.39 is 0 Å². The first-order valence-corrected chi connectivity index (χ1v) is 6.84. The van der Waals surface area contributed by atoms with Crippen LogP contribution in [0.2, 0.25) is 0 Å². The molecule has 0 radical (unpaired) electrons. The summed E-state index contributed by atoms with van der Waals surface area (Å²) in [6.45, 7) is 2.24. The highest BCUT2D eigenvalue weighted by molar-refractivity contribution is 5.98. The summed E-state index contributed by atoms with van der Waals surface area (Å²) in [5.74, 6) is 1.15. The van der Waals surface area contributed by atoms with Crippen LogP contribution in [-0.2, 0) is 0 Å². The van der Waals surface area contributed by atoms with Crippen LogP contribution in [-0.4, -0.2) is 19.1 Å². The van der Waals surface area contributed by atoms with Crippen LogP contribution in [0.4, 0.5) is 5.69 Å². The number of carbonyl (C=O) groups is 1. The molecule has 3 N–H and O–H groups in total. The molecule has 0 bridgehead atoms. The molecule has 19 heavy (non-hydrogen) atoms. The van der Waals surface area contributed by atoms with Gasteiger partial charge in [-0.3, -0.25) is 4.79 Å². The van der Waals surface area contributed by atoms with Gasteiger partial charge < -0.3 is 15.8 Å². The third-order valence-corrected chi connectivity index (χ3v) is 3.74. The SMILES string of the molecule is COc1ccc(N)cc1C(=O)N[C@H]1CCC[C@H](C)C1. The molecule has 0 aliphatic heterocycles. The summed E-state index contributed by atoms with van der Waals surface area (Å²) in [5.41, 5.74) is 6.83. The van der Waals surface area contributed by atoms with Crippen molar-refractivity contribution in [1.82, 2.24) is 5.32 Å². The van der Waals surface area contributed by atoms with Crippen LogP contribution < -0.4 is 15.8 Å². The molecule has 1 amide bonds. The Morgan fingerprint density at radius 2 is 2.21 bits per heavy atom. The zero-order valence-corrected chi connectivity index (χ0v) is 11.6. The molecule has 0 spiro atoms. The Kier molecular flexibility index (Phi) is 4.30. The van der Waals surface area contributed by atoms with E-state index in [0.29, 0.717) is 22.9 Å². The number of anilines is 1. The quantitative estimate of drug-likeness (QED) is 0.823. The second kappa shape index (κ2) is 5.95. The van der Waals surface area contributed by atoms with E-state index in [9.17, 15) is 4.79 Å². The number of amides is 1. The molecule has 1 aliphatic rings. The van der Waals surface area contributed by atoms with Gasteiger partial charge in [0.2, 0.25) is 0 Å². The molecule has 0 saturated heterocycles. The third-order valence-electron chi connectivity index (χ3n) is 3.74. The Balaban J connectivity index is 2.09. The zero-order chi connectivity index (χ0) is 13.8. The molecule has 1 fully saturated rings. The highest BCUT2D eigenvalue weighted by Crippen LogP contribution is 2.25. The minimum atomic E-state index is -0.0942. The van der Waals surface area contributed by atoms with Crippen molar-refractivity contribution < 1.29 is 9.53 Å². The summed E-state index contributed by atoms with van der Waals surface area (Å²) in [6.07, 6.45) is 4.55. The predicted molar refractivity (Wildman–Crippen MR) is 76.3 cm³/mol. The van der Waals surface area contributed by atoms with Crippen molar-refractivity contribution in [2.24, 2.45) is 5.92 Å². The van der Waals surface area contributed by atoms with Gasteiger partial charge in [0.25, 0.3) is 5.91 Å². The first-order valence-electron chi connectivity index (χ1n) is 6.84. The van der Waals surface area contributed by atoms with Gasteiger partial charge >= 0.3 is 0 Å². The Bertz CT molecular complexity index is 459. The maximum absolute atomic E-state index is 12.3. The summed E-state index contributed by atoms with van der Waals surface area (Å²) in [7, 11) is 1.56. The minimum absolute atomic E-state index is 0.0942. The van der Waals surface area contributed by atoms with Crippen LogP contribution in [0.5, 0.6) is 5.75 Å². The average molecular weight is 262 g/mol. The standard InChI is InChI=1S/C15H22N2O2/c1-10-4-3-5-12(8-10)17-15(18)13-9-11(16)6-7-14(13)19-2/h6-7,9-10,12H,3-5,8,16H2,1-2H3,(H,17,18)/t10-,12-/m0/s1. The van der Waals surface area contributed by atoms with E-state index in [1.807, 2.05) is 0 Å². The van der Waals surface area contributed by atoms with Crippen molar-refractivity contribution in [1.29, 1.82) is 0 Å². The molecule has 1 aromatic rings. The number of hydrogen-bond acceptors (Lipinski definition) is 3. The summed E-state index contributed by atoms with van der Waals surface area (Å²) in [4.78, 5) is 12.3. The highest BCUT2D eigenvalue weighted by atomic mass is 16.5.